The molecule has 5 rings (SSSR count). The molecule has 1 amide bonds. The van der Waals surface area contributed by atoms with Gasteiger partial charge in [0.2, 0.25) is 11.7 Å². The molecule has 1 aliphatic carbocycles. The number of aromatic nitrogens is 4. The van der Waals surface area contributed by atoms with Crippen LogP contribution in [0.4, 0.5) is 0 Å². The molecule has 2 aromatic heterocycles. The predicted octanol–water partition coefficient (Wildman–Crippen LogP) is 4.65. The second kappa shape index (κ2) is 10.1. The van der Waals surface area contributed by atoms with Gasteiger partial charge in [-0.1, -0.05) is 43.0 Å². The van der Waals surface area contributed by atoms with Crippen LogP contribution in [-0.2, 0) is 13.0 Å². The number of fused-ring (bicyclic) bond motifs is 1. The molecule has 1 N–H and O–H groups in total. The van der Waals surface area contributed by atoms with Crippen LogP contribution in [-0.4, -0.2) is 39.3 Å². The Morgan fingerprint density at radius 3 is 2.91 bits per heavy atom. The highest BCUT2D eigenvalue weighted by Crippen LogP contribution is 2.29. The van der Waals surface area contributed by atoms with Crippen LogP contribution in [0.2, 0.25) is 0 Å². The predicted molar refractivity (Wildman–Crippen MR) is 129 cm³/mol. The Balaban J connectivity index is 1.20. The number of rotatable bonds is 9. The zero-order valence-corrected chi connectivity index (χ0v) is 19.4. The van der Waals surface area contributed by atoms with Crippen LogP contribution in [0.25, 0.3) is 22.4 Å². The first-order valence-electron chi connectivity index (χ1n) is 11.9. The number of hydrogen-bond donors (Lipinski definition) is 1. The molecule has 1 aliphatic rings. The summed E-state index contributed by atoms with van der Waals surface area (Å²) in [5.41, 5.74) is 3.25. The number of para-hydroxylation sites is 1. The number of methoxy groups -OCH3 is 1. The summed E-state index contributed by atoms with van der Waals surface area (Å²) in [7, 11) is 1.56. The number of nitrogens with zero attached hydrogens (tertiary/aromatic N) is 4. The number of carbonyl (C=O) groups is 1. The zero-order valence-electron chi connectivity index (χ0n) is 19.4. The number of hydrogen-bond acceptors (Lipinski definition) is 6. The highest BCUT2D eigenvalue weighted by atomic mass is 16.5. The normalized spacial score (nSPS) is 14.0. The van der Waals surface area contributed by atoms with E-state index in [1.165, 1.54) is 25.7 Å². The van der Waals surface area contributed by atoms with Crippen LogP contribution in [0.5, 0.6) is 5.75 Å². The van der Waals surface area contributed by atoms with Gasteiger partial charge < -0.3 is 19.1 Å². The molecule has 0 radical (unpaired) electrons. The Labute approximate surface area is 198 Å². The van der Waals surface area contributed by atoms with Crippen molar-refractivity contribution >= 4 is 16.9 Å². The SMILES string of the molecule is COc1ccccc1C(=O)NCCn1cnc2cc(-c3noc(CCC4CCCC4)n3)ccc21. The minimum absolute atomic E-state index is 0.162. The van der Waals surface area contributed by atoms with Gasteiger partial charge in [-0.05, 0) is 42.7 Å². The fourth-order valence-corrected chi connectivity index (χ4v) is 4.70. The zero-order chi connectivity index (χ0) is 23.3. The summed E-state index contributed by atoms with van der Waals surface area (Å²) in [5, 5.41) is 7.13. The first kappa shape index (κ1) is 22.1. The average molecular weight is 460 g/mol. The van der Waals surface area contributed by atoms with E-state index in [0.29, 0.717) is 36.1 Å². The van der Waals surface area contributed by atoms with Crippen LogP contribution in [0, 0.1) is 5.92 Å². The Bertz CT molecular complexity index is 1270. The maximum atomic E-state index is 12.5. The van der Waals surface area contributed by atoms with E-state index >= 15 is 0 Å². The molecule has 0 bridgehead atoms. The lowest BCUT2D eigenvalue weighted by Crippen LogP contribution is -2.27. The van der Waals surface area contributed by atoms with Gasteiger partial charge in [0.25, 0.3) is 5.91 Å². The van der Waals surface area contributed by atoms with E-state index in [-0.39, 0.29) is 5.91 Å². The lowest BCUT2D eigenvalue weighted by Gasteiger charge is -2.10. The van der Waals surface area contributed by atoms with Gasteiger partial charge in [-0.3, -0.25) is 4.79 Å². The van der Waals surface area contributed by atoms with Crippen LogP contribution in [0.15, 0.2) is 53.3 Å². The van der Waals surface area contributed by atoms with E-state index in [1.54, 1.807) is 25.6 Å². The molecule has 1 saturated carbocycles. The van der Waals surface area contributed by atoms with Crippen molar-refractivity contribution in [3.8, 4) is 17.1 Å². The van der Waals surface area contributed by atoms with Gasteiger partial charge in [0.05, 0.1) is 30.0 Å². The quantitative estimate of drug-likeness (QED) is 0.392. The van der Waals surface area contributed by atoms with Crippen LogP contribution >= 0.6 is 0 Å². The molecule has 0 atom stereocenters. The molecule has 0 saturated heterocycles. The first-order valence-corrected chi connectivity index (χ1v) is 11.9. The van der Waals surface area contributed by atoms with Gasteiger partial charge in [0.15, 0.2) is 0 Å². The fraction of sp³-hybridized carbons (Fsp3) is 0.385. The van der Waals surface area contributed by atoms with Crippen LogP contribution in [0.1, 0.15) is 48.4 Å². The fourth-order valence-electron chi connectivity index (χ4n) is 4.70. The van der Waals surface area contributed by atoms with Crippen molar-refractivity contribution < 1.29 is 14.1 Å². The molecule has 2 heterocycles. The highest BCUT2D eigenvalue weighted by Gasteiger charge is 2.17. The maximum Gasteiger partial charge on any atom is 0.255 e. The van der Waals surface area contributed by atoms with Crippen LogP contribution < -0.4 is 10.1 Å². The topological polar surface area (TPSA) is 95.1 Å². The van der Waals surface area contributed by atoms with Gasteiger partial charge in [-0.2, -0.15) is 4.98 Å². The van der Waals surface area contributed by atoms with Crippen molar-refractivity contribution in [1.82, 2.24) is 25.0 Å². The first-order chi connectivity index (χ1) is 16.7. The van der Waals surface area contributed by atoms with Crippen molar-refractivity contribution in [1.29, 1.82) is 0 Å². The minimum atomic E-state index is -0.162. The summed E-state index contributed by atoms with van der Waals surface area (Å²) in [4.78, 5) is 21.6. The third-order valence-corrected chi connectivity index (χ3v) is 6.58. The van der Waals surface area contributed by atoms with Gasteiger partial charge in [-0.25, -0.2) is 4.98 Å². The van der Waals surface area contributed by atoms with Gasteiger partial charge in [0, 0.05) is 25.1 Å². The molecule has 4 aromatic rings. The average Bonchev–Trinajstić information content (AvgIpc) is 3.63. The Kier molecular flexibility index (Phi) is 6.56. The molecular weight excluding hydrogens is 430 g/mol. The molecule has 2 aromatic carbocycles. The highest BCUT2D eigenvalue weighted by molar-refractivity contribution is 5.96. The minimum Gasteiger partial charge on any atom is -0.496 e. The summed E-state index contributed by atoms with van der Waals surface area (Å²) < 4.78 is 12.8. The van der Waals surface area contributed by atoms with Crippen molar-refractivity contribution in [3.05, 3.63) is 60.2 Å². The number of aryl methyl sites for hydroxylation is 1. The third kappa shape index (κ3) is 4.81. The summed E-state index contributed by atoms with van der Waals surface area (Å²) in [5.74, 6) is 2.50. The van der Waals surface area contributed by atoms with E-state index in [9.17, 15) is 4.79 Å². The summed E-state index contributed by atoms with van der Waals surface area (Å²) in [6.07, 6.45) is 9.09. The number of ether oxygens (including phenoxy) is 1. The molecule has 0 spiro atoms. The maximum absolute atomic E-state index is 12.5. The smallest absolute Gasteiger partial charge is 0.255 e. The van der Waals surface area contributed by atoms with E-state index in [4.69, 9.17) is 9.26 Å². The third-order valence-electron chi connectivity index (χ3n) is 6.58. The molecule has 176 valence electrons. The van der Waals surface area contributed by atoms with E-state index < -0.39 is 0 Å². The Morgan fingerprint density at radius 2 is 2.06 bits per heavy atom. The second-order valence-corrected chi connectivity index (χ2v) is 8.80. The van der Waals surface area contributed by atoms with Gasteiger partial charge >= 0.3 is 0 Å². The standard InChI is InChI=1S/C26H29N5O3/c1-33-23-9-5-4-8-20(23)26(32)27-14-15-31-17-28-21-16-19(11-12-22(21)31)25-29-24(34-30-25)13-10-18-6-2-3-7-18/h4-5,8-9,11-12,16-18H,2-3,6-7,10,13-15H2,1H3,(H,27,32). The Hall–Kier alpha value is -3.68. The number of benzene rings is 2. The number of nitrogens with one attached hydrogen (secondary N) is 1. The van der Waals surface area contributed by atoms with E-state index in [1.807, 2.05) is 34.9 Å². The largest absolute Gasteiger partial charge is 0.496 e. The van der Waals surface area contributed by atoms with Crippen LogP contribution in [0.3, 0.4) is 0 Å². The molecule has 8 heteroatoms. The second-order valence-electron chi connectivity index (χ2n) is 8.80. The van der Waals surface area contributed by atoms with Crippen molar-refractivity contribution in [2.45, 2.75) is 45.1 Å². The van der Waals surface area contributed by atoms with Crippen molar-refractivity contribution in [2.24, 2.45) is 5.92 Å². The Morgan fingerprint density at radius 1 is 1.21 bits per heavy atom. The van der Waals surface area contributed by atoms with Gasteiger partial charge in [0.1, 0.15) is 5.75 Å². The molecule has 8 nitrogen and oxygen atoms in total. The van der Waals surface area contributed by atoms with E-state index in [0.717, 1.165) is 35.4 Å². The molecule has 34 heavy (non-hydrogen) atoms. The van der Waals surface area contributed by atoms with E-state index in [2.05, 4.69) is 20.4 Å². The summed E-state index contributed by atoms with van der Waals surface area (Å²) in [6, 6.07) is 13.2. The lowest BCUT2D eigenvalue weighted by atomic mass is 10.0. The van der Waals surface area contributed by atoms with Gasteiger partial charge in [-0.15, -0.1) is 0 Å². The number of amides is 1. The molecule has 0 unspecified atom stereocenters. The molecule has 0 aliphatic heterocycles. The molecular formula is C26H29N5O3. The summed E-state index contributed by atoms with van der Waals surface area (Å²) >= 11 is 0. The summed E-state index contributed by atoms with van der Waals surface area (Å²) in [6.45, 7) is 1.07. The number of carbonyl (C=O) groups excluding carboxylic acids is 1. The lowest BCUT2D eigenvalue weighted by molar-refractivity contribution is 0.0949. The monoisotopic (exact) mass is 459 g/mol. The number of imidazole rings is 1. The van der Waals surface area contributed by atoms with Crippen molar-refractivity contribution in [3.63, 3.8) is 0 Å². The van der Waals surface area contributed by atoms with Crippen molar-refractivity contribution in [2.75, 3.05) is 13.7 Å². The molecule has 1 fully saturated rings.